The first-order valence-corrected chi connectivity index (χ1v) is 8.35. The minimum absolute atomic E-state index is 0.0223. The van der Waals surface area contributed by atoms with E-state index in [1.54, 1.807) is 24.4 Å². The average Bonchev–Trinajstić information content (AvgIpc) is 3.05. The van der Waals surface area contributed by atoms with Crippen molar-refractivity contribution >= 4 is 5.97 Å². The van der Waals surface area contributed by atoms with Gasteiger partial charge in [0.1, 0.15) is 5.82 Å². The summed E-state index contributed by atoms with van der Waals surface area (Å²) in [5.41, 5.74) is 2.14. The molecule has 1 aliphatic rings. The third-order valence-electron chi connectivity index (χ3n) is 4.81. The maximum Gasteiger partial charge on any atom is 0.333 e. The lowest BCUT2D eigenvalue weighted by molar-refractivity contribution is -0.153. The van der Waals surface area contributed by atoms with Crippen molar-refractivity contribution in [3.8, 4) is 11.3 Å². The number of ether oxygens (including phenoxy) is 1. The molecule has 0 saturated carbocycles. The topological polar surface area (TPSA) is 78.5 Å². The van der Waals surface area contributed by atoms with Crippen molar-refractivity contribution in [3.63, 3.8) is 0 Å². The summed E-state index contributed by atoms with van der Waals surface area (Å²) < 4.78 is 19.1. The molecule has 1 aliphatic heterocycles. The second kappa shape index (κ2) is 7.76. The molecule has 0 spiro atoms. The first-order valence-electron chi connectivity index (χ1n) is 8.35. The van der Waals surface area contributed by atoms with Gasteiger partial charge in [0.15, 0.2) is 6.10 Å². The first-order chi connectivity index (χ1) is 12.1. The van der Waals surface area contributed by atoms with Crippen LogP contribution in [-0.2, 0) is 16.1 Å². The molecule has 6 nitrogen and oxygen atoms in total. The van der Waals surface area contributed by atoms with Crippen molar-refractivity contribution in [2.45, 2.75) is 25.5 Å². The molecule has 1 aromatic heterocycles. The van der Waals surface area contributed by atoms with E-state index in [1.165, 1.54) is 13.2 Å². The van der Waals surface area contributed by atoms with Crippen LogP contribution in [0.5, 0.6) is 0 Å². The number of benzene rings is 1. The van der Waals surface area contributed by atoms with Crippen LogP contribution in [0.4, 0.5) is 4.39 Å². The molecular formula is C18H22FN3O3. The van der Waals surface area contributed by atoms with E-state index in [0.29, 0.717) is 17.8 Å². The van der Waals surface area contributed by atoms with Gasteiger partial charge in [-0.25, -0.2) is 9.18 Å². The highest BCUT2D eigenvalue weighted by molar-refractivity contribution is 5.72. The summed E-state index contributed by atoms with van der Waals surface area (Å²) in [5, 5.41) is 16.2. The average molecular weight is 347 g/mol. The number of aliphatic carboxylic acids is 1. The highest BCUT2D eigenvalue weighted by Crippen LogP contribution is 2.27. The Hall–Kier alpha value is -2.25. The predicted molar refractivity (Wildman–Crippen MR) is 90.4 cm³/mol. The molecule has 0 aliphatic carbocycles. The number of aromatic amines is 1. The Morgan fingerprint density at radius 3 is 2.80 bits per heavy atom. The minimum Gasteiger partial charge on any atom is -0.479 e. The van der Waals surface area contributed by atoms with Crippen LogP contribution >= 0.6 is 0 Å². The van der Waals surface area contributed by atoms with Crippen LogP contribution in [0.3, 0.4) is 0 Å². The van der Waals surface area contributed by atoms with Crippen LogP contribution < -0.4 is 0 Å². The van der Waals surface area contributed by atoms with Gasteiger partial charge < -0.3 is 9.84 Å². The van der Waals surface area contributed by atoms with Crippen molar-refractivity contribution in [1.29, 1.82) is 0 Å². The molecular weight excluding hydrogens is 325 g/mol. The van der Waals surface area contributed by atoms with E-state index in [-0.39, 0.29) is 11.7 Å². The Balaban J connectivity index is 1.65. The normalized spacial score (nSPS) is 17.5. The first kappa shape index (κ1) is 17.6. The number of aromatic nitrogens is 2. The highest BCUT2D eigenvalue weighted by atomic mass is 19.1. The van der Waals surface area contributed by atoms with E-state index in [4.69, 9.17) is 4.74 Å². The summed E-state index contributed by atoms with van der Waals surface area (Å²) in [6, 6.07) is 6.62. The van der Waals surface area contributed by atoms with Gasteiger partial charge in [-0.3, -0.25) is 10.00 Å². The maximum atomic E-state index is 14.0. The second-order valence-corrected chi connectivity index (χ2v) is 6.36. The molecule has 1 atom stereocenters. The molecule has 2 N–H and O–H groups in total. The lowest BCUT2D eigenvalue weighted by Crippen LogP contribution is -2.41. The van der Waals surface area contributed by atoms with Gasteiger partial charge in [0, 0.05) is 24.8 Å². The van der Waals surface area contributed by atoms with Crippen LogP contribution in [-0.4, -0.2) is 52.5 Å². The smallest absolute Gasteiger partial charge is 0.333 e. The van der Waals surface area contributed by atoms with Crippen molar-refractivity contribution in [1.82, 2.24) is 15.1 Å². The number of methoxy groups -OCH3 is 1. The fraction of sp³-hybridized carbons (Fsp3) is 0.444. The van der Waals surface area contributed by atoms with Gasteiger partial charge in [-0.1, -0.05) is 12.1 Å². The van der Waals surface area contributed by atoms with Gasteiger partial charge in [-0.2, -0.15) is 5.10 Å². The number of hydrogen-bond donors (Lipinski definition) is 2. The summed E-state index contributed by atoms with van der Waals surface area (Å²) in [5.74, 6) is -1.16. The van der Waals surface area contributed by atoms with Crippen molar-refractivity contribution in [2.24, 2.45) is 5.92 Å². The standard InChI is InChI=1S/C18H22FN3O3/c1-25-17(18(23)24)12-6-8-22(9-7-12)11-13-10-20-21-16(13)14-4-2-3-5-15(14)19/h2-5,10,12,17H,6-9,11H2,1H3,(H,20,21)(H,23,24). The number of hydrogen-bond acceptors (Lipinski definition) is 4. The molecule has 0 radical (unpaired) electrons. The number of rotatable bonds is 6. The zero-order valence-corrected chi connectivity index (χ0v) is 14.1. The minimum atomic E-state index is -0.905. The van der Waals surface area contributed by atoms with Crippen LogP contribution in [0.2, 0.25) is 0 Å². The summed E-state index contributed by atoms with van der Waals surface area (Å²) in [4.78, 5) is 13.5. The van der Waals surface area contributed by atoms with E-state index in [0.717, 1.165) is 31.5 Å². The number of halogens is 1. The summed E-state index contributed by atoms with van der Waals surface area (Å²) in [6.45, 7) is 2.21. The highest BCUT2D eigenvalue weighted by Gasteiger charge is 2.31. The molecule has 1 aromatic carbocycles. The molecule has 2 heterocycles. The molecule has 0 bridgehead atoms. The summed E-state index contributed by atoms with van der Waals surface area (Å²) in [6.07, 6.45) is 2.50. The lowest BCUT2D eigenvalue weighted by Gasteiger charge is -2.34. The second-order valence-electron chi connectivity index (χ2n) is 6.36. The Morgan fingerprint density at radius 2 is 2.16 bits per heavy atom. The number of carbonyl (C=O) groups is 1. The molecule has 7 heteroatoms. The molecule has 2 aromatic rings. The largest absolute Gasteiger partial charge is 0.479 e. The SMILES string of the molecule is COC(C(=O)O)C1CCN(Cc2cn[nH]c2-c2ccccc2F)CC1. The molecule has 134 valence electrons. The quantitative estimate of drug-likeness (QED) is 0.839. The van der Waals surface area contributed by atoms with Crippen LogP contribution in [0.1, 0.15) is 18.4 Å². The zero-order valence-electron chi connectivity index (χ0n) is 14.1. The van der Waals surface area contributed by atoms with Gasteiger partial charge in [0.2, 0.25) is 0 Å². The van der Waals surface area contributed by atoms with Gasteiger partial charge in [-0.15, -0.1) is 0 Å². The van der Waals surface area contributed by atoms with Crippen molar-refractivity contribution < 1.29 is 19.0 Å². The van der Waals surface area contributed by atoms with Gasteiger partial charge >= 0.3 is 5.97 Å². The molecule has 0 amide bonds. The number of nitrogens with zero attached hydrogens (tertiary/aromatic N) is 2. The van der Waals surface area contributed by atoms with Crippen LogP contribution in [0, 0.1) is 11.7 Å². The number of carboxylic acids is 1. The number of likely N-dealkylation sites (tertiary alicyclic amines) is 1. The molecule has 25 heavy (non-hydrogen) atoms. The Labute approximate surface area is 145 Å². The molecule has 3 rings (SSSR count). The fourth-order valence-corrected chi connectivity index (χ4v) is 3.48. The molecule has 1 saturated heterocycles. The molecule has 1 unspecified atom stereocenters. The predicted octanol–water partition coefficient (Wildman–Crippen LogP) is 2.53. The monoisotopic (exact) mass is 347 g/mol. The number of carboxylic acid groups (broad SMARTS) is 1. The van der Waals surface area contributed by atoms with Crippen molar-refractivity contribution in [3.05, 3.63) is 41.8 Å². The summed E-state index contributed by atoms with van der Waals surface area (Å²) >= 11 is 0. The number of nitrogens with one attached hydrogen (secondary N) is 1. The number of H-pyrrole nitrogens is 1. The van der Waals surface area contributed by atoms with Gasteiger partial charge in [0.05, 0.1) is 11.9 Å². The van der Waals surface area contributed by atoms with Crippen LogP contribution in [0.25, 0.3) is 11.3 Å². The maximum absolute atomic E-state index is 14.0. The van der Waals surface area contributed by atoms with E-state index >= 15 is 0 Å². The Bertz CT molecular complexity index is 726. The van der Waals surface area contributed by atoms with Crippen LogP contribution in [0.15, 0.2) is 30.5 Å². The van der Waals surface area contributed by atoms with E-state index in [2.05, 4.69) is 15.1 Å². The van der Waals surface area contributed by atoms with E-state index in [1.807, 2.05) is 0 Å². The van der Waals surface area contributed by atoms with E-state index < -0.39 is 12.1 Å². The lowest BCUT2D eigenvalue weighted by atomic mass is 9.91. The zero-order chi connectivity index (χ0) is 17.8. The number of piperidine rings is 1. The Kier molecular flexibility index (Phi) is 5.45. The third kappa shape index (κ3) is 3.88. The van der Waals surface area contributed by atoms with E-state index in [9.17, 15) is 14.3 Å². The van der Waals surface area contributed by atoms with Gasteiger partial charge in [0.25, 0.3) is 0 Å². The Morgan fingerprint density at radius 1 is 1.44 bits per heavy atom. The fourth-order valence-electron chi connectivity index (χ4n) is 3.48. The third-order valence-corrected chi connectivity index (χ3v) is 4.81. The van der Waals surface area contributed by atoms with Gasteiger partial charge in [-0.05, 0) is 44.0 Å². The summed E-state index contributed by atoms with van der Waals surface area (Å²) in [7, 11) is 1.44. The van der Waals surface area contributed by atoms with Crippen molar-refractivity contribution in [2.75, 3.05) is 20.2 Å². The molecule has 1 fully saturated rings.